The van der Waals surface area contributed by atoms with E-state index >= 15 is 0 Å². The van der Waals surface area contributed by atoms with Gasteiger partial charge < -0.3 is 14.2 Å². The highest BCUT2D eigenvalue weighted by molar-refractivity contribution is 5.85. The SMILES string of the molecule is Cc1nccc(O[C@@H]2C(=O)N(C)[C@@H]3CN(Cc4cn(C)c5ccccc45)C[C@H]23)n1. The van der Waals surface area contributed by atoms with E-state index in [9.17, 15) is 4.79 Å². The number of carbonyl (C=O) groups is 1. The fraction of sp³-hybridized carbons (Fsp3) is 0.409. The molecule has 2 saturated heterocycles. The lowest BCUT2D eigenvalue weighted by Gasteiger charge is -2.22. The van der Waals surface area contributed by atoms with Crippen molar-refractivity contribution in [2.75, 3.05) is 20.1 Å². The van der Waals surface area contributed by atoms with Gasteiger partial charge in [0.05, 0.1) is 6.04 Å². The zero-order valence-electron chi connectivity index (χ0n) is 16.9. The molecule has 2 aliphatic rings. The van der Waals surface area contributed by atoms with E-state index in [0.717, 1.165) is 19.6 Å². The first-order valence-corrected chi connectivity index (χ1v) is 9.99. The van der Waals surface area contributed by atoms with Crippen molar-refractivity contribution in [1.29, 1.82) is 0 Å². The number of nitrogens with zero attached hydrogens (tertiary/aromatic N) is 5. The lowest BCUT2D eigenvalue weighted by Crippen LogP contribution is -2.37. The molecule has 0 spiro atoms. The van der Waals surface area contributed by atoms with E-state index < -0.39 is 6.10 Å². The predicted octanol–water partition coefficient (Wildman–Crippen LogP) is 2.00. The van der Waals surface area contributed by atoms with Gasteiger partial charge in [0.2, 0.25) is 5.88 Å². The first-order chi connectivity index (χ1) is 14.0. The Labute approximate surface area is 169 Å². The number of ether oxygens (including phenoxy) is 1. The predicted molar refractivity (Wildman–Crippen MR) is 109 cm³/mol. The number of likely N-dealkylation sites (N-methyl/N-ethyl adjacent to an activating group) is 1. The van der Waals surface area contributed by atoms with Crippen LogP contribution in [0.4, 0.5) is 0 Å². The number of likely N-dealkylation sites (tertiary alicyclic amines) is 2. The summed E-state index contributed by atoms with van der Waals surface area (Å²) in [5.41, 5.74) is 2.57. The molecule has 2 aliphatic heterocycles. The minimum atomic E-state index is -0.489. The van der Waals surface area contributed by atoms with Crippen molar-refractivity contribution in [2.24, 2.45) is 13.0 Å². The number of fused-ring (bicyclic) bond motifs is 2. The number of rotatable bonds is 4. The van der Waals surface area contributed by atoms with Crippen LogP contribution in [-0.2, 0) is 18.4 Å². The number of amides is 1. The lowest BCUT2D eigenvalue weighted by atomic mass is 10.0. The van der Waals surface area contributed by atoms with Gasteiger partial charge in [-0.2, -0.15) is 4.98 Å². The monoisotopic (exact) mass is 391 g/mol. The Kier molecular flexibility index (Phi) is 4.28. The molecule has 150 valence electrons. The third kappa shape index (κ3) is 3.06. The van der Waals surface area contributed by atoms with Crippen molar-refractivity contribution >= 4 is 16.8 Å². The summed E-state index contributed by atoms with van der Waals surface area (Å²) in [6.07, 6.45) is 3.39. The minimum Gasteiger partial charge on any atom is -0.464 e. The Morgan fingerprint density at radius 3 is 2.83 bits per heavy atom. The molecule has 7 heteroatoms. The molecule has 3 aromatic rings. The molecule has 0 saturated carbocycles. The molecule has 0 N–H and O–H groups in total. The standard InChI is InChI=1S/C22H25N5O2/c1-14-23-9-8-20(24-14)29-21-17-12-27(13-19(17)26(3)22(21)28)11-15-10-25(2)18-7-5-4-6-16(15)18/h4-10,17,19,21H,11-13H2,1-3H3/t17-,19+,21-/m0/s1. The number of aromatic nitrogens is 3. The number of para-hydroxylation sites is 1. The van der Waals surface area contributed by atoms with E-state index in [4.69, 9.17) is 4.74 Å². The molecule has 1 aromatic carbocycles. The van der Waals surface area contributed by atoms with E-state index in [1.807, 2.05) is 18.9 Å². The molecular weight excluding hydrogens is 366 g/mol. The van der Waals surface area contributed by atoms with Gasteiger partial charge in [-0.05, 0) is 18.6 Å². The lowest BCUT2D eigenvalue weighted by molar-refractivity contribution is -0.134. The molecular formula is C22H25N5O2. The number of benzene rings is 1. The van der Waals surface area contributed by atoms with Crippen molar-refractivity contribution in [2.45, 2.75) is 25.6 Å². The summed E-state index contributed by atoms with van der Waals surface area (Å²) in [6.45, 7) is 4.38. The normalized spacial score (nSPS) is 24.4. The third-order valence-corrected chi connectivity index (χ3v) is 6.26. The van der Waals surface area contributed by atoms with Gasteiger partial charge in [0.25, 0.3) is 5.91 Å². The summed E-state index contributed by atoms with van der Waals surface area (Å²) in [5.74, 6) is 1.29. The van der Waals surface area contributed by atoms with Gasteiger partial charge in [-0.3, -0.25) is 9.69 Å². The molecule has 29 heavy (non-hydrogen) atoms. The summed E-state index contributed by atoms with van der Waals surface area (Å²) in [6, 6.07) is 10.4. The number of aryl methyl sites for hydroxylation is 2. The first-order valence-electron chi connectivity index (χ1n) is 9.99. The summed E-state index contributed by atoms with van der Waals surface area (Å²) < 4.78 is 8.23. The van der Waals surface area contributed by atoms with Crippen LogP contribution in [0.1, 0.15) is 11.4 Å². The molecule has 4 heterocycles. The second kappa shape index (κ2) is 6.84. The second-order valence-electron chi connectivity index (χ2n) is 8.14. The molecule has 1 amide bonds. The zero-order valence-corrected chi connectivity index (χ0v) is 16.9. The van der Waals surface area contributed by atoms with Crippen LogP contribution in [0.3, 0.4) is 0 Å². The van der Waals surface area contributed by atoms with Crippen molar-refractivity contribution in [3.05, 3.63) is 54.1 Å². The number of hydrogen-bond acceptors (Lipinski definition) is 5. The van der Waals surface area contributed by atoms with Gasteiger partial charge in [0, 0.05) is 69.0 Å². The largest absolute Gasteiger partial charge is 0.464 e. The highest BCUT2D eigenvalue weighted by Gasteiger charge is 2.52. The Morgan fingerprint density at radius 2 is 2.00 bits per heavy atom. The van der Waals surface area contributed by atoms with Gasteiger partial charge in [0.1, 0.15) is 5.82 Å². The van der Waals surface area contributed by atoms with Gasteiger partial charge in [-0.15, -0.1) is 0 Å². The molecule has 0 unspecified atom stereocenters. The average Bonchev–Trinajstić information content (AvgIpc) is 3.32. The topological polar surface area (TPSA) is 63.5 Å². The fourth-order valence-corrected chi connectivity index (χ4v) is 4.84. The van der Waals surface area contributed by atoms with Crippen molar-refractivity contribution in [3.8, 4) is 5.88 Å². The van der Waals surface area contributed by atoms with Crippen LogP contribution >= 0.6 is 0 Å². The smallest absolute Gasteiger partial charge is 0.264 e. The van der Waals surface area contributed by atoms with Crippen molar-refractivity contribution in [3.63, 3.8) is 0 Å². The molecule has 0 bridgehead atoms. The first kappa shape index (κ1) is 18.1. The Balaban J connectivity index is 1.36. The average molecular weight is 391 g/mol. The summed E-state index contributed by atoms with van der Waals surface area (Å²) in [4.78, 5) is 25.5. The Hall–Kier alpha value is -2.93. The summed E-state index contributed by atoms with van der Waals surface area (Å²) in [7, 11) is 3.97. The maximum atomic E-state index is 12.8. The maximum absolute atomic E-state index is 12.8. The van der Waals surface area contributed by atoms with Crippen LogP contribution < -0.4 is 4.74 Å². The van der Waals surface area contributed by atoms with Gasteiger partial charge in [0.15, 0.2) is 6.10 Å². The fourth-order valence-electron chi connectivity index (χ4n) is 4.84. The quantitative estimate of drug-likeness (QED) is 0.681. The molecule has 2 fully saturated rings. The summed E-state index contributed by atoms with van der Waals surface area (Å²) >= 11 is 0. The molecule has 7 nitrogen and oxygen atoms in total. The zero-order chi connectivity index (χ0) is 20.1. The van der Waals surface area contributed by atoms with Crippen LogP contribution in [0, 0.1) is 12.8 Å². The minimum absolute atomic E-state index is 0.0427. The van der Waals surface area contributed by atoms with E-state index in [1.165, 1.54) is 16.5 Å². The second-order valence-corrected chi connectivity index (χ2v) is 8.14. The van der Waals surface area contributed by atoms with E-state index in [2.05, 4.69) is 56.9 Å². The highest BCUT2D eigenvalue weighted by atomic mass is 16.5. The van der Waals surface area contributed by atoms with E-state index in [1.54, 1.807) is 12.3 Å². The van der Waals surface area contributed by atoms with Crippen LogP contribution in [0.2, 0.25) is 0 Å². The highest BCUT2D eigenvalue weighted by Crippen LogP contribution is 2.35. The molecule has 0 radical (unpaired) electrons. The summed E-state index contributed by atoms with van der Waals surface area (Å²) in [5, 5.41) is 1.29. The van der Waals surface area contributed by atoms with Crippen LogP contribution in [0.15, 0.2) is 42.7 Å². The van der Waals surface area contributed by atoms with Crippen molar-refractivity contribution in [1.82, 2.24) is 24.3 Å². The van der Waals surface area contributed by atoms with Crippen LogP contribution in [0.25, 0.3) is 10.9 Å². The Bertz CT molecular complexity index is 1080. The molecule has 0 aliphatic carbocycles. The number of hydrogen-bond donors (Lipinski definition) is 0. The number of carbonyl (C=O) groups excluding carboxylic acids is 1. The third-order valence-electron chi connectivity index (χ3n) is 6.26. The van der Waals surface area contributed by atoms with Crippen LogP contribution in [-0.4, -0.2) is 62.5 Å². The van der Waals surface area contributed by atoms with Gasteiger partial charge >= 0.3 is 0 Å². The molecule has 5 rings (SSSR count). The van der Waals surface area contributed by atoms with Gasteiger partial charge in [-0.25, -0.2) is 4.98 Å². The molecule has 2 aromatic heterocycles. The molecule has 3 atom stereocenters. The van der Waals surface area contributed by atoms with Gasteiger partial charge in [-0.1, -0.05) is 18.2 Å². The van der Waals surface area contributed by atoms with E-state index in [0.29, 0.717) is 11.7 Å². The van der Waals surface area contributed by atoms with Crippen LogP contribution in [0.5, 0.6) is 5.88 Å². The maximum Gasteiger partial charge on any atom is 0.264 e. The van der Waals surface area contributed by atoms with E-state index in [-0.39, 0.29) is 17.9 Å². The van der Waals surface area contributed by atoms with Crippen molar-refractivity contribution < 1.29 is 9.53 Å². The Morgan fingerprint density at radius 1 is 1.17 bits per heavy atom.